The predicted molar refractivity (Wildman–Crippen MR) is 116 cm³/mol. The fraction of sp³-hybridized carbons (Fsp3) is 0.905. The molecule has 0 fully saturated rings. The molecule has 0 aliphatic heterocycles. The fourth-order valence-electron chi connectivity index (χ4n) is 5.28. The van der Waals surface area contributed by atoms with Crippen LogP contribution in [0.2, 0.25) is 33.2 Å². The Balaban J connectivity index is 5.49. The summed E-state index contributed by atoms with van der Waals surface area (Å²) in [5, 5.41) is 0. The highest BCUT2D eigenvalue weighted by molar-refractivity contribution is 6.90. The van der Waals surface area contributed by atoms with E-state index in [0.29, 0.717) is 39.9 Å². The van der Waals surface area contributed by atoms with Crippen molar-refractivity contribution in [2.45, 2.75) is 116 Å². The topological polar surface area (TPSA) is 9.23 Å². The first kappa shape index (κ1) is 24.0. The lowest BCUT2D eigenvalue weighted by Crippen LogP contribution is -2.48. The molecule has 142 valence electrons. The zero-order chi connectivity index (χ0) is 19.3. The molecule has 0 bridgehead atoms. The van der Waals surface area contributed by atoms with Gasteiger partial charge in [0.05, 0.1) is 6.61 Å². The molecular weight excluding hydrogens is 324 g/mol. The molecule has 0 N–H and O–H groups in total. The minimum absolute atomic E-state index is 0.626. The number of hydrogen-bond acceptors (Lipinski definition) is 1. The van der Waals surface area contributed by atoms with Gasteiger partial charge in [0.25, 0.3) is 0 Å². The van der Waals surface area contributed by atoms with E-state index in [-0.39, 0.29) is 0 Å². The van der Waals surface area contributed by atoms with E-state index in [1.54, 1.807) is 0 Å². The Morgan fingerprint density at radius 2 is 0.917 bits per heavy atom. The molecule has 24 heavy (non-hydrogen) atoms. The van der Waals surface area contributed by atoms with Crippen LogP contribution in [0.1, 0.15) is 83.1 Å². The van der Waals surface area contributed by atoms with Crippen molar-refractivity contribution in [3.63, 3.8) is 0 Å². The maximum absolute atomic E-state index is 6.64. The SMILES string of the molecule is CC(C)[Si](C#CCO[Si](C(C)C)(C(C)C)C(C)C)(C(C)C)C(C)C. The Hall–Kier alpha value is -0.0462. The van der Waals surface area contributed by atoms with Gasteiger partial charge in [-0.25, -0.2) is 0 Å². The molecule has 0 heterocycles. The van der Waals surface area contributed by atoms with E-state index in [1.165, 1.54) is 0 Å². The van der Waals surface area contributed by atoms with Crippen molar-refractivity contribution in [2.75, 3.05) is 6.61 Å². The summed E-state index contributed by atoms with van der Waals surface area (Å²) >= 11 is 0. The van der Waals surface area contributed by atoms with E-state index < -0.39 is 16.4 Å². The molecule has 0 spiro atoms. The van der Waals surface area contributed by atoms with Crippen molar-refractivity contribution in [1.82, 2.24) is 0 Å². The van der Waals surface area contributed by atoms with Gasteiger partial charge in [0.15, 0.2) is 0 Å². The Labute approximate surface area is 155 Å². The molecule has 1 nitrogen and oxygen atoms in total. The Bertz CT molecular complexity index is 381. The lowest BCUT2D eigenvalue weighted by atomic mass is 10.5. The first-order valence-electron chi connectivity index (χ1n) is 10.0. The van der Waals surface area contributed by atoms with Crippen LogP contribution in [0.5, 0.6) is 0 Å². The first-order valence-corrected chi connectivity index (χ1v) is 14.4. The van der Waals surface area contributed by atoms with Crippen LogP contribution in [0.3, 0.4) is 0 Å². The summed E-state index contributed by atoms with van der Waals surface area (Å²) in [4.78, 5) is 0. The van der Waals surface area contributed by atoms with Crippen LogP contribution in [0.15, 0.2) is 0 Å². The van der Waals surface area contributed by atoms with Gasteiger partial charge in [0, 0.05) is 0 Å². The van der Waals surface area contributed by atoms with Gasteiger partial charge in [-0.2, -0.15) is 0 Å². The van der Waals surface area contributed by atoms with E-state index in [9.17, 15) is 0 Å². The van der Waals surface area contributed by atoms with Crippen LogP contribution in [0, 0.1) is 11.5 Å². The van der Waals surface area contributed by atoms with Gasteiger partial charge in [-0.05, 0) is 33.2 Å². The summed E-state index contributed by atoms with van der Waals surface area (Å²) < 4.78 is 6.64. The third-order valence-electron chi connectivity index (χ3n) is 6.27. The first-order chi connectivity index (χ1) is 10.9. The third-order valence-corrected chi connectivity index (χ3v) is 18.7. The monoisotopic (exact) mass is 368 g/mol. The van der Waals surface area contributed by atoms with Gasteiger partial charge in [0.2, 0.25) is 8.32 Å². The summed E-state index contributed by atoms with van der Waals surface area (Å²) in [6.45, 7) is 28.9. The number of hydrogen-bond donors (Lipinski definition) is 0. The zero-order valence-electron chi connectivity index (χ0n) is 18.6. The smallest absolute Gasteiger partial charge is 0.201 e. The van der Waals surface area contributed by atoms with Gasteiger partial charge >= 0.3 is 0 Å². The molecule has 0 aliphatic carbocycles. The maximum Gasteiger partial charge on any atom is 0.201 e. The van der Waals surface area contributed by atoms with Crippen LogP contribution >= 0.6 is 0 Å². The summed E-state index contributed by atoms with van der Waals surface area (Å²) in [6, 6.07) is 0. The molecule has 0 unspecified atom stereocenters. The van der Waals surface area contributed by atoms with Gasteiger partial charge < -0.3 is 4.43 Å². The second-order valence-corrected chi connectivity index (χ2v) is 20.3. The normalized spacial score (nSPS) is 13.6. The standard InChI is InChI=1S/C21H44OSi2/c1-16(2)23(17(3)4,18(5)6)15-13-14-22-24(19(7)8,20(9)10)21(11)12/h16-21H,14H2,1-12H3. The summed E-state index contributed by atoms with van der Waals surface area (Å²) in [5.41, 5.74) is 7.75. The van der Waals surface area contributed by atoms with Gasteiger partial charge in [-0.15, -0.1) is 5.54 Å². The zero-order valence-corrected chi connectivity index (χ0v) is 20.6. The fourth-order valence-corrected chi connectivity index (χ4v) is 15.8. The minimum atomic E-state index is -1.79. The average molecular weight is 369 g/mol. The van der Waals surface area contributed by atoms with Crippen molar-refractivity contribution in [2.24, 2.45) is 0 Å². The van der Waals surface area contributed by atoms with Gasteiger partial charge in [-0.3, -0.25) is 0 Å². The minimum Gasteiger partial charge on any atom is -0.405 e. The van der Waals surface area contributed by atoms with Crippen LogP contribution in [-0.2, 0) is 4.43 Å². The largest absolute Gasteiger partial charge is 0.405 e. The lowest BCUT2D eigenvalue weighted by molar-refractivity contribution is 0.322. The second-order valence-electron chi connectivity index (χ2n) is 9.31. The molecule has 0 saturated carbocycles. The molecular formula is C21H44OSi2. The molecule has 0 amide bonds. The Morgan fingerprint density at radius 3 is 1.17 bits per heavy atom. The molecule has 3 heteroatoms. The molecule has 0 aromatic carbocycles. The quantitative estimate of drug-likeness (QED) is 0.320. The van der Waals surface area contributed by atoms with E-state index >= 15 is 0 Å². The van der Waals surface area contributed by atoms with Crippen LogP contribution in [0.4, 0.5) is 0 Å². The van der Waals surface area contributed by atoms with E-state index in [1.807, 2.05) is 0 Å². The highest BCUT2D eigenvalue weighted by atomic mass is 28.4. The second kappa shape index (κ2) is 9.60. The van der Waals surface area contributed by atoms with Crippen molar-refractivity contribution in [1.29, 1.82) is 0 Å². The summed E-state index contributed by atoms with van der Waals surface area (Å²) in [6.07, 6.45) is 0. The summed E-state index contributed by atoms with van der Waals surface area (Å²) in [7, 11) is -3.42. The van der Waals surface area contributed by atoms with Crippen molar-refractivity contribution in [3.8, 4) is 11.5 Å². The molecule has 0 radical (unpaired) electrons. The maximum atomic E-state index is 6.64. The molecule has 0 aliphatic rings. The molecule has 0 saturated heterocycles. The average Bonchev–Trinajstić information content (AvgIpc) is 2.40. The highest BCUT2D eigenvalue weighted by Gasteiger charge is 2.45. The van der Waals surface area contributed by atoms with Crippen LogP contribution < -0.4 is 0 Å². The van der Waals surface area contributed by atoms with Gasteiger partial charge in [0.1, 0.15) is 8.07 Å². The molecule has 0 rings (SSSR count). The van der Waals surface area contributed by atoms with Crippen LogP contribution in [0.25, 0.3) is 0 Å². The summed E-state index contributed by atoms with van der Waals surface area (Å²) in [5.74, 6) is 3.51. The van der Waals surface area contributed by atoms with E-state index in [0.717, 1.165) is 0 Å². The van der Waals surface area contributed by atoms with Crippen molar-refractivity contribution < 1.29 is 4.43 Å². The predicted octanol–water partition coefficient (Wildman–Crippen LogP) is 7.40. The third kappa shape index (κ3) is 4.77. The number of rotatable bonds is 8. The lowest BCUT2D eigenvalue weighted by Gasteiger charge is -2.41. The molecule has 0 atom stereocenters. The van der Waals surface area contributed by atoms with E-state index in [2.05, 4.69) is 94.5 Å². The highest BCUT2D eigenvalue weighted by Crippen LogP contribution is 2.42. The van der Waals surface area contributed by atoms with Crippen LogP contribution in [-0.4, -0.2) is 23.0 Å². The molecule has 0 aromatic rings. The Morgan fingerprint density at radius 1 is 0.583 bits per heavy atom. The van der Waals surface area contributed by atoms with Gasteiger partial charge in [-0.1, -0.05) is 89.0 Å². The van der Waals surface area contributed by atoms with E-state index in [4.69, 9.17) is 4.43 Å². The van der Waals surface area contributed by atoms with Crippen molar-refractivity contribution >= 4 is 16.4 Å². The Kier molecular flexibility index (Phi) is 9.58. The van der Waals surface area contributed by atoms with Crippen molar-refractivity contribution in [3.05, 3.63) is 0 Å². The molecule has 0 aromatic heterocycles.